The van der Waals surface area contributed by atoms with E-state index in [1.165, 1.54) is 0 Å². The Bertz CT molecular complexity index is 965. The van der Waals surface area contributed by atoms with Gasteiger partial charge in [-0.15, -0.1) is 0 Å². The largest absolute Gasteiger partial charge is 0.417 e. The number of benzene rings is 2. The molecule has 0 aliphatic heterocycles. The molecule has 2 aromatic carbocycles. The maximum absolute atomic E-state index is 14.0. The van der Waals surface area contributed by atoms with Gasteiger partial charge in [0, 0.05) is 17.7 Å². The van der Waals surface area contributed by atoms with Crippen molar-refractivity contribution >= 4 is 11.9 Å². The van der Waals surface area contributed by atoms with Gasteiger partial charge in [0.1, 0.15) is 11.4 Å². The number of esters is 2. The minimum Gasteiger partial charge on any atom is -0.417 e. The predicted molar refractivity (Wildman–Crippen MR) is 78.0 cm³/mol. The summed E-state index contributed by atoms with van der Waals surface area (Å²) < 4.78 is 104. The van der Waals surface area contributed by atoms with E-state index in [1.807, 2.05) is 0 Å². The molecule has 0 aliphatic carbocycles. The fourth-order valence-corrected chi connectivity index (χ4v) is 1.83. The van der Waals surface area contributed by atoms with Gasteiger partial charge in [0.25, 0.3) is 0 Å². The molecule has 0 amide bonds. The Morgan fingerprint density at radius 1 is 0.786 bits per heavy atom. The molecular formula is C17H7F7O4. The first-order valence-electron chi connectivity index (χ1n) is 7.06. The second-order valence-corrected chi connectivity index (χ2v) is 5.22. The van der Waals surface area contributed by atoms with Crippen LogP contribution >= 0.6 is 0 Å². The average Bonchev–Trinajstić information content (AvgIpc) is 2.59. The lowest BCUT2D eigenvalue weighted by Gasteiger charge is -2.12. The average molecular weight is 408 g/mol. The molecule has 0 unspecified atom stereocenters. The lowest BCUT2D eigenvalue weighted by atomic mass is 10.1. The highest BCUT2D eigenvalue weighted by atomic mass is 19.2. The van der Waals surface area contributed by atoms with E-state index in [0.29, 0.717) is 0 Å². The molecule has 2 rings (SSSR count). The highest BCUT2D eigenvalue weighted by Crippen LogP contribution is 2.32. The van der Waals surface area contributed by atoms with Gasteiger partial charge in [-0.1, -0.05) is 6.58 Å². The van der Waals surface area contributed by atoms with Crippen LogP contribution in [0.3, 0.4) is 0 Å². The quantitative estimate of drug-likeness (QED) is 0.248. The predicted octanol–water partition coefficient (Wildman–Crippen LogP) is 4.36. The highest BCUT2D eigenvalue weighted by Gasteiger charge is 2.33. The van der Waals surface area contributed by atoms with E-state index in [9.17, 15) is 40.3 Å². The lowest BCUT2D eigenvalue weighted by Crippen LogP contribution is -2.19. The van der Waals surface area contributed by atoms with Crippen molar-refractivity contribution in [1.29, 1.82) is 0 Å². The van der Waals surface area contributed by atoms with E-state index in [4.69, 9.17) is 0 Å². The molecule has 0 saturated heterocycles. The van der Waals surface area contributed by atoms with Gasteiger partial charge < -0.3 is 9.47 Å². The summed E-state index contributed by atoms with van der Waals surface area (Å²) in [5, 5.41) is 0. The Labute approximate surface area is 151 Å². The zero-order valence-corrected chi connectivity index (χ0v) is 13.6. The first-order chi connectivity index (χ1) is 13.0. The van der Waals surface area contributed by atoms with E-state index >= 15 is 0 Å². The third kappa shape index (κ3) is 3.82. The molecule has 0 saturated carbocycles. The Hall–Kier alpha value is -3.37. The van der Waals surface area contributed by atoms with Gasteiger partial charge in [-0.05, 0) is 6.92 Å². The van der Waals surface area contributed by atoms with Crippen LogP contribution in [0.15, 0.2) is 24.3 Å². The molecule has 0 aliphatic rings. The molecule has 0 atom stereocenters. The fourth-order valence-electron chi connectivity index (χ4n) is 1.83. The highest BCUT2D eigenvalue weighted by molar-refractivity contribution is 5.92. The van der Waals surface area contributed by atoms with Gasteiger partial charge in [-0.3, -0.25) is 0 Å². The molecule has 4 nitrogen and oxygen atoms in total. The Morgan fingerprint density at radius 2 is 1.25 bits per heavy atom. The monoisotopic (exact) mass is 408 g/mol. The Morgan fingerprint density at radius 3 is 1.68 bits per heavy atom. The smallest absolute Gasteiger partial charge is 0.349 e. The van der Waals surface area contributed by atoms with Gasteiger partial charge in [0.2, 0.25) is 23.1 Å². The van der Waals surface area contributed by atoms with Crippen LogP contribution in [0, 0.1) is 40.7 Å². The van der Waals surface area contributed by atoms with Crippen LogP contribution in [0.1, 0.15) is 17.3 Å². The minimum atomic E-state index is -2.36. The molecule has 0 heterocycles. The second-order valence-electron chi connectivity index (χ2n) is 5.22. The number of hydrogen-bond acceptors (Lipinski definition) is 4. The first kappa shape index (κ1) is 20.9. The summed E-state index contributed by atoms with van der Waals surface area (Å²) in [4.78, 5) is 23.1. The Balaban J connectivity index is 2.51. The van der Waals surface area contributed by atoms with Crippen LogP contribution < -0.4 is 9.47 Å². The van der Waals surface area contributed by atoms with Crippen molar-refractivity contribution in [2.24, 2.45) is 0 Å². The molecule has 0 bridgehead atoms. The van der Waals surface area contributed by atoms with E-state index in [0.717, 1.165) is 6.92 Å². The summed E-state index contributed by atoms with van der Waals surface area (Å²) in [5.41, 5.74) is -2.38. The maximum Gasteiger partial charge on any atom is 0.349 e. The number of hydrogen-bond donors (Lipinski definition) is 0. The standard InChI is InChI=1S/C17H7F7O4/c1-5(2)16(25)28-15-12(23)10(21)9(11(22)13(15)24)17(26)27-14-7(19)3-6(18)4-8(14)20/h3-4H,1H2,2H3. The molecule has 0 radical (unpaired) electrons. The van der Waals surface area contributed by atoms with Crippen LogP contribution in [0.4, 0.5) is 30.7 Å². The van der Waals surface area contributed by atoms with Crippen molar-refractivity contribution in [2.45, 2.75) is 6.92 Å². The molecule has 0 N–H and O–H groups in total. The van der Waals surface area contributed by atoms with E-state index in [-0.39, 0.29) is 17.7 Å². The van der Waals surface area contributed by atoms with Crippen LogP contribution in [0.5, 0.6) is 11.5 Å². The molecule has 2 aromatic rings. The van der Waals surface area contributed by atoms with Crippen LogP contribution in [0.25, 0.3) is 0 Å². The maximum atomic E-state index is 14.0. The first-order valence-corrected chi connectivity index (χ1v) is 7.06. The third-order valence-electron chi connectivity index (χ3n) is 3.13. The van der Waals surface area contributed by atoms with Crippen LogP contribution in [0.2, 0.25) is 0 Å². The van der Waals surface area contributed by atoms with Crippen molar-refractivity contribution < 1.29 is 49.8 Å². The van der Waals surface area contributed by atoms with Crippen LogP contribution in [-0.2, 0) is 4.79 Å². The summed E-state index contributed by atoms with van der Waals surface area (Å²) >= 11 is 0. The SMILES string of the molecule is C=C(C)C(=O)Oc1c(F)c(F)c(C(=O)Oc2c(F)cc(F)cc2F)c(F)c1F. The zero-order chi connectivity index (χ0) is 21.3. The number of halogens is 7. The zero-order valence-electron chi connectivity index (χ0n) is 13.6. The van der Waals surface area contributed by atoms with Crippen molar-refractivity contribution in [2.75, 3.05) is 0 Å². The van der Waals surface area contributed by atoms with Crippen molar-refractivity contribution in [3.05, 3.63) is 70.6 Å². The van der Waals surface area contributed by atoms with Crippen molar-refractivity contribution in [3.8, 4) is 11.5 Å². The van der Waals surface area contributed by atoms with Gasteiger partial charge in [-0.2, -0.15) is 8.78 Å². The molecule has 0 aromatic heterocycles. The molecule has 11 heteroatoms. The molecular weight excluding hydrogens is 401 g/mol. The van der Waals surface area contributed by atoms with Crippen molar-refractivity contribution in [1.82, 2.24) is 0 Å². The van der Waals surface area contributed by atoms with Gasteiger partial charge in [-0.25, -0.2) is 31.5 Å². The number of ether oxygens (including phenoxy) is 2. The number of carbonyl (C=O) groups is 2. The topological polar surface area (TPSA) is 52.6 Å². The van der Waals surface area contributed by atoms with Gasteiger partial charge in [0.05, 0.1) is 0 Å². The summed E-state index contributed by atoms with van der Waals surface area (Å²) in [6, 6.07) is 0.166. The van der Waals surface area contributed by atoms with Crippen molar-refractivity contribution in [3.63, 3.8) is 0 Å². The fraction of sp³-hybridized carbons (Fsp3) is 0.0588. The van der Waals surface area contributed by atoms with E-state index in [1.54, 1.807) is 0 Å². The second kappa shape index (κ2) is 7.71. The van der Waals surface area contributed by atoms with E-state index < -0.39 is 69.7 Å². The summed E-state index contributed by atoms with van der Waals surface area (Å²) in [6.07, 6.45) is 0. The third-order valence-corrected chi connectivity index (χ3v) is 3.13. The molecule has 0 fully saturated rings. The summed E-state index contributed by atoms with van der Waals surface area (Å²) in [6.45, 7) is 4.16. The van der Waals surface area contributed by atoms with Crippen LogP contribution in [-0.4, -0.2) is 11.9 Å². The van der Waals surface area contributed by atoms with E-state index in [2.05, 4.69) is 16.1 Å². The summed E-state index contributed by atoms with van der Waals surface area (Å²) in [7, 11) is 0. The molecule has 148 valence electrons. The van der Waals surface area contributed by atoms with Gasteiger partial charge >= 0.3 is 11.9 Å². The Kier molecular flexibility index (Phi) is 5.76. The lowest BCUT2D eigenvalue weighted by molar-refractivity contribution is -0.130. The molecule has 28 heavy (non-hydrogen) atoms. The minimum absolute atomic E-state index is 0.0831. The summed E-state index contributed by atoms with van der Waals surface area (Å²) in [5.74, 6) is -21.3. The molecule has 0 spiro atoms. The van der Waals surface area contributed by atoms with Gasteiger partial charge in [0.15, 0.2) is 23.3 Å². The number of rotatable bonds is 4. The number of carbonyl (C=O) groups excluding carboxylic acids is 2. The normalized spacial score (nSPS) is 10.6.